The molecule has 0 amide bonds. The van der Waals surface area contributed by atoms with Crippen molar-refractivity contribution in [1.82, 2.24) is 15.1 Å². The van der Waals surface area contributed by atoms with Gasteiger partial charge in [-0.25, -0.2) is 0 Å². The Morgan fingerprint density at radius 1 is 1.35 bits per heavy atom. The Kier molecular flexibility index (Phi) is 5.31. The normalized spacial score (nSPS) is 14.4. The van der Waals surface area contributed by atoms with Crippen LogP contribution in [0.1, 0.15) is 37.0 Å². The summed E-state index contributed by atoms with van der Waals surface area (Å²) in [6.45, 7) is 7.16. The molecule has 0 saturated heterocycles. The van der Waals surface area contributed by atoms with Crippen LogP contribution in [0, 0.1) is 6.92 Å². The van der Waals surface area contributed by atoms with E-state index in [1.807, 2.05) is 16.9 Å². The molecule has 0 aliphatic carbocycles. The first-order valence-corrected chi connectivity index (χ1v) is 8.30. The SMILES string of the molecule is CSCc1ccc(CN[C@@H](C)[C@H](C)n2cc(C)cn2)o1. The zero-order chi connectivity index (χ0) is 14.5. The lowest BCUT2D eigenvalue weighted by atomic mass is 10.1. The molecule has 2 heterocycles. The van der Waals surface area contributed by atoms with Crippen molar-refractivity contribution in [1.29, 1.82) is 0 Å². The molecule has 5 heteroatoms. The van der Waals surface area contributed by atoms with Crippen molar-refractivity contribution in [3.63, 3.8) is 0 Å². The molecule has 0 saturated carbocycles. The van der Waals surface area contributed by atoms with E-state index in [2.05, 4.69) is 49.7 Å². The van der Waals surface area contributed by atoms with E-state index in [4.69, 9.17) is 4.42 Å². The quantitative estimate of drug-likeness (QED) is 0.850. The summed E-state index contributed by atoms with van der Waals surface area (Å²) in [7, 11) is 0. The van der Waals surface area contributed by atoms with Crippen LogP contribution in [0.2, 0.25) is 0 Å². The second kappa shape index (κ2) is 6.99. The molecule has 0 unspecified atom stereocenters. The van der Waals surface area contributed by atoms with E-state index in [-0.39, 0.29) is 0 Å². The molecule has 4 nitrogen and oxygen atoms in total. The highest BCUT2D eigenvalue weighted by Gasteiger charge is 2.14. The van der Waals surface area contributed by atoms with E-state index < -0.39 is 0 Å². The first-order chi connectivity index (χ1) is 9.60. The van der Waals surface area contributed by atoms with Gasteiger partial charge in [-0.2, -0.15) is 16.9 Å². The van der Waals surface area contributed by atoms with Crippen molar-refractivity contribution in [2.24, 2.45) is 0 Å². The maximum atomic E-state index is 5.76. The summed E-state index contributed by atoms with van der Waals surface area (Å²) in [6.07, 6.45) is 6.05. The summed E-state index contributed by atoms with van der Waals surface area (Å²) in [5.74, 6) is 2.96. The zero-order valence-electron chi connectivity index (χ0n) is 12.6. The van der Waals surface area contributed by atoms with E-state index >= 15 is 0 Å². The summed E-state index contributed by atoms with van der Waals surface area (Å²) in [5.41, 5.74) is 1.19. The molecule has 0 aliphatic heterocycles. The Morgan fingerprint density at radius 3 is 2.75 bits per heavy atom. The number of nitrogens with one attached hydrogen (secondary N) is 1. The van der Waals surface area contributed by atoms with E-state index in [1.54, 1.807) is 11.8 Å². The van der Waals surface area contributed by atoms with Crippen molar-refractivity contribution in [3.05, 3.63) is 41.6 Å². The van der Waals surface area contributed by atoms with Gasteiger partial charge in [0, 0.05) is 12.2 Å². The number of aromatic nitrogens is 2. The van der Waals surface area contributed by atoms with Crippen molar-refractivity contribution >= 4 is 11.8 Å². The van der Waals surface area contributed by atoms with Crippen LogP contribution >= 0.6 is 11.8 Å². The fourth-order valence-corrected chi connectivity index (χ4v) is 2.49. The molecular weight excluding hydrogens is 270 g/mol. The van der Waals surface area contributed by atoms with Crippen LogP contribution < -0.4 is 5.32 Å². The molecule has 0 fully saturated rings. The molecule has 2 aromatic heterocycles. The van der Waals surface area contributed by atoms with Gasteiger partial charge < -0.3 is 9.73 Å². The van der Waals surface area contributed by atoms with E-state index in [0.717, 1.165) is 23.8 Å². The fourth-order valence-electron chi connectivity index (χ4n) is 2.05. The average Bonchev–Trinajstić information content (AvgIpc) is 3.05. The van der Waals surface area contributed by atoms with E-state index in [1.165, 1.54) is 5.56 Å². The second-order valence-corrected chi connectivity index (χ2v) is 6.07. The lowest BCUT2D eigenvalue weighted by Crippen LogP contribution is -2.33. The van der Waals surface area contributed by atoms with Gasteiger partial charge in [-0.1, -0.05) is 0 Å². The topological polar surface area (TPSA) is 43.0 Å². The number of rotatable bonds is 7. The maximum Gasteiger partial charge on any atom is 0.118 e. The van der Waals surface area contributed by atoms with Gasteiger partial charge in [-0.15, -0.1) is 0 Å². The van der Waals surface area contributed by atoms with Crippen molar-refractivity contribution < 1.29 is 4.42 Å². The molecule has 2 rings (SSSR count). The number of aryl methyl sites for hydroxylation is 1. The lowest BCUT2D eigenvalue weighted by Gasteiger charge is -2.21. The highest BCUT2D eigenvalue weighted by atomic mass is 32.2. The molecule has 1 N–H and O–H groups in total. The highest BCUT2D eigenvalue weighted by Crippen LogP contribution is 2.15. The van der Waals surface area contributed by atoms with Gasteiger partial charge in [-0.3, -0.25) is 4.68 Å². The Labute approximate surface area is 124 Å². The monoisotopic (exact) mass is 293 g/mol. The molecule has 2 aromatic rings. The largest absolute Gasteiger partial charge is 0.464 e. The summed E-state index contributed by atoms with van der Waals surface area (Å²) in [6, 6.07) is 4.74. The Balaban J connectivity index is 1.86. The summed E-state index contributed by atoms with van der Waals surface area (Å²) in [5, 5.41) is 7.87. The third-order valence-corrected chi connectivity index (χ3v) is 4.05. The molecule has 0 radical (unpaired) electrons. The standard InChI is InChI=1S/C15H23N3OS/c1-11-7-17-18(9-11)13(3)12(2)16-8-14-5-6-15(19-14)10-20-4/h5-7,9,12-13,16H,8,10H2,1-4H3/t12-,13-/m0/s1. The minimum atomic E-state index is 0.310. The van der Waals surface area contributed by atoms with Gasteiger partial charge in [0.1, 0.15) is 11.5 Å². The number of nitrogens with zero attached hydrogens (tertiary/aromatic N) is 2. The van der Waals surface area contributed by atoms with Crippen LogP contribution in [0.5, 0.6) is 0 Å². The van der Waals surface area contributed by atoms with Gasteiger partial charge in [0.2, 0.25) is 0 Å². The fraction of sp³-hybridized carbons (Fsp3) is 0.533. The predicted octanol–water partition coefficient (Wildman–Crippen LogP) is 3.39. The first-order valence-electron chi connectivity index (χ1n) is 6.91. The smallest absolute Gasteiger partial charge is 0.118 e. The third kappa shape index (κ3) is 3.90. The molecule has 0 aromatic carbocycles. The Hall–Kier alpha value is -1.20. The molecule has 110 valence electrons. The van der Waals surface area contributed by atoms with Gasteiger partial charge in [-0.05, 0) is 44.7 Å². The molecule has 2 atom stereocenters. The molecular formula is C15H23N3OS. The number of hydrogen-bond acceptors (Lipinski definition) is 4. The average molecular weight is 293 g/mol. The van der Waals surface area contributed by atoms with Crippen LogP contribution in [0.3, 0.4) is 0 Å². The molecule has 0 aliphatic rings. The molecule has 0 bridgehead atoms. The van der Waals surface area contributed by atoms with Crippen LogP contribution in [0.15, 0.2) is 28.9 Å². The van der Waals surface area contributed by atoms with Gasteiger partial charge in [0.05, 0.1) is 24.5 Å². The summed E-state index contributed by atoms with van der Waals surface area (Å²) in [4.78, 5) is 0. The van der Waals surface area contributed by atoms with Crippen LogP contribution in [-0.2, 0) is 12.3 Å². The van der Waals surface area contributed by atoms with Crippen molar-refractivity contribution in [2.45, 2.75) is 45.2 Å². The van der Waals surface area contributed by atoms with Crippen molar-refractivity contribution in [3.8, 4) is 0 Å². The van der Waals surface area contributed by atoms with E-state index in [9.17, 15) is 0 Å². The predicted molar refractivity (Wildman–Crippen MR) is 83.9 cm³/mol. The molecule has 0 spiro atoms. The Bertz CT molecular complexity index is 535. The highest BCUT2D eigenvalue weighted by molar-refractivity contribution is 7.97. The second-order valence-electron chi connectivity index (χ2n) is 5.21. The zero-order valence-corrected chi connectivity index (χ0v) is 13.4. The minimum Gasteiger partial charge on any atom is -0.464 e. The van der Waals surface area contributed by atoms with Gasteiger partial charge in [0.15, 0.2) is 0 Å². The van der Waals surface area contributed by atoms with Crippen LogP contribution in [-0.4, -0.2) is 22.1 Å². The van der Waals surface area contributed by atoms with Crippen LogP contribution in [0.25, 0.3) is 0 Å². The number of hydrogen-bond donors (Lipinski definition) is 1. The number of thioether (sulfide) groups is 1. The summed E-state index contributed by atoms with van der Waals surface area (Å²) < 4.78 is 7.77. The maximum absolute atomic E-state index is 5.76. The van der Waals surface area contributed by atoms with Gasteiger partial charge >= 0.3 is 0 Å². The minimum absolute atomic E-state index is 0.310. The van der Waals surface area contributed by atoms with Crippen LogP contribution in [0.4, 0.5) is 0 Å². The van der Waals surface area contributed by atoms with Crippen molar-refractivity contribution in [2.75, 3.05) is 6.26 Å². The summed E-state index contributed by atoms with van der Waals surface area (Å²) >= 11 is 1.77. The third-order valence-electron chi connectivity index (χ3n) is 3.47. The molecule has 20 heavy (non-hydrogen) atoms. The first kappa shape index (κ1) is 15.2. The van der Waals surface area contributed by atoms with E-state index in [0.29, 0.717) is 12.1 Å². The Morgan fingerprint density at radius 2 is 2.10 bits per heavy atom. The van der Waals surface area contributed by atoms with Gasteiger partial charge in [0.25, 0.3) is 0 Å². The lowest BCUT2D eigenvalue weighted by molar-refractivity contribution is 0.349. The number of furan rings is 1.